The van der Waals surface area contributed by atoms with Gasteiger partial charge in [0.2, 0.25) is 5.95 Å². The molecule has 20 heavy (non-hydrogen) atoms. The Morgan fingerprint density at radius 3 is 2.95 bits per heavy atom. The van der Waals surface area contributed by atoms with Gasteiger partial charge in [0, 0.05) is 23.5 Å². The van der Waals surface area contributed by atoms with E-state index < -0.39 is 0 Å². The van der Waals surface area contributed by atoms with E-state index in [1.165, 1.54) is 0 Å². The number of aromatic nitrogens is 2. The highest BCUT2D eigenvalue weighted by molar-refractivity contribution is 6.30. The lowest BCUT2D eigenvalue weighted by atomic mass is 10.3. The molecule has 0 bridgehead atoms. The smallest absolute Gasteiger partial charge is 0.274 e. The van der Waals surface area contributed by atoms with Crippen LogP contribution in [-0.2, 0) is 0 Å². The van der Waals surface area contributed by atoms with E-state index in [4.69, 9.17) is 11.6 Å². The Balaban J connectivity index is 2.09. The standard InChI is InChI=1S/C14H15ClN4O/c1-2-7-16-14-17-8-6-12(19-14)13(20)18-11-5-3-4-10(15)9-11/h3-6,8-9H,2,7H2,1H3,(H,18,20)(H,16,17,19). The number of anilines is 2. The van der Waals surface area contributed by atoms with Gasteiger partial charge >= 0.3 is 0 Å². The maximum atomic E-state index is 12.1. The third-order valence-electron chi connectivity index (χ3n) is 2.50. The Morgan fingerprint density at radius 2 is 2.20 bits per heavy atom. The van der Waals surface area contributed by atoms with Crippen molar-refractivity contribution in [3.8, 4) is 0 Å². The highest BCUT2D eigenvalue weighted by Gasteiger charge is 2.09. The summed E-state index contributed by atoms with van der Waals surface area (Å²) >= 11 is 5.87. The van der Waals surface area contributed by atoms with Crippen LogP contribution < -0.4 is 10.6 Å². The van der Waals surface area contributed by atoms with Crippen molar-refractivity contribution in [2.45, 2.75) is 13.3 Å². The molecule has 0 radical (unpaired) electrons. The van der Waals surface area contributed by atoms with Crippen LogP contribution in [0.3, 0.4) is 0 Å². The Labute approximate surface area is 122 Å². The summed E-state index contributed by atoms with van der Waals surface area (Å²) in [4.78, 5) is 20.3. The summed E-state index contributed by atoms with van der Waals surface area (Å²) in [7, 11) is 0. The predicted octanol–water partition coefficient (Wildman–Crippen LogP) is 3.20. The number of halogens is 1. The first kappa shape index (κ1) is 14.3. The summed E-state index contributed by atoms with van der Waals surface area (Å²) in [6, 6.07) is 8.52. The van der Waals surface area contributed by atoms with E-state index in [-0.39, 0.29) is 5.91 Å². The molecule has 1 heterocycles. The minimum atomic E-state index is -0.297. The van der Waals surface area contributed by atoms with Gasteiger partial charge in [0.05, 0.1) is 0 Å². The second kappa shape index (κ2) is 6.86. The summed E-state index contributed by atoms with van der Waals surface area (Å²) in [5.74, 6) is 0.153. The number of rotatable bonds is 5. The monoisotopic (exact) mass is 290 g/mol. The van der Waals surface area contributed by atoms with Crippen molar-refractivity contribution >= 4 is 29.1 Å². The van der Waals surface area contributed by atoms with Gasteiger partial charge in [-0.2, -0.15) is 0 Å². The molecule has 0 aliphatic rings. The number of benzene rings is 1. The van der Waals surface area contributed by atoms with E-state index in [0.29, 0.717) is 22.4 Å². The summed E-state index contributed by atoms with van der Waals surface area (Å²) in [6.45, 7) is 2.81. The van der Waals surface area contributed by atoms with Crippen molar-refractivity contribution in [1.82, 2.24) is 9.97 Å². The van der Waals surface area contributed by atoms with Gasteiger partial charge in [0.1, 0.15) is 5.69 Å². The summed E-state index contributed by atoms with van der Waals surface area (Å²) in [5, 5.41) is 6.35. The quantitative estimate of drug-likeness (QED) is 0.887. The van der Waals surface area contributed by atoms with E-state index in [0.717, 1.165) is 13.0 Å². The lowest BCUT2D eigenvalue weighted by Gasteiger charge is -2.07. The molecule has 0 aliphatic heterocycles. The van der Waals surface area contributed by atoms with Crippen LogP contribution in [0.1, 0.15) is 23.8 Å². The van der Waals surface area contributed by atoms with Crippen molar-refractivity contribution in [3.05, 3.63) is 47.2 Å². The Kier molecular flexibility index (Phi) is 4.90. The van der Waals surface area contributed by atoms with E-state index >= 15 is 0 Å². The molecule has 0 saturated carbocycles. The van der Waals surface area contributed by atoms with Crippen LogP contribution in [0.5, 0.6) is 0 Å². The highest BCUT2D eigenvalue weighted by atomic mass is 35.5. The second-order valence-electron chi connectivity index (χ2n) is 4.16. The van der Waals surface area contributed by atoms with Crippen molar-refractivity contribution < 1.29 is 4.79 Å². The zero-order valence-corrected chi connectivity index (χ0v) is 11.8. The topological polar surface area (TPSA) is 66.9 Å². The zero-order chi connectivity index (χ0) is 14.4. The van der Waals surface area contributed by atoms with Crippen molar-refractivity contribution in [2.75, 3.05) is 17.2 Å². The molecule has 0 fully saturated rings. The van der Waals surface area contributed by atoms with E-state index in [1.807, 2.05) is 6.92 Å². The molecular formula is C14H15ClN4O. The van der Waals surface area contributed by atoms with Gasteiger partial charge in [-0.25, -0.2) is 9.97 Å². The van der Waals surface area contributed by atoms with E-state index in [9.17, 15) is 4.79 Å². The van der Waals surface area contributed by atoms with Gasteiger partial charge in [-0.3, -0.25) is 4.79 Å². The number of carbonyl (C=O) groups excluding carboxylic acids is 1. The molecule has 5 nitrogen and oxygen atoms in total. The first-order valence-electron chi connectivity index (χ1n) is 6.33. The van der Waals surface area contributed by atoms with E-state index in [1.54, 1.807) is 36.5 Å². The molecule has 1 amide bonds. The maximum Gasteiger partial charge on any atom is 0.274 e. The third-order valence-corrected chi connectivity index (χ3v) is 2.74. The molecule has 104 valence electrons. The molecule has 0 unspecified atom stereocenters. The van der Waals surface area contributed by atoms with Crippen LogP contribution in [0, 0.1) is 0 Å². The van der Waals surface area contributed by atoms with Crippen molar-refractivity contribution in [2.24, 2.45) is 0 Å². The van der Waals surface area contributed by atoms with Crippen LogP contribution in [0.25, 0.3) is 0 Å². The van der Waals surface area contributed by atoms with Gasteiger partial charge in [0.25, 0.3) is 5.91 Å². The molecule has 1 aromatic carbocycles. The summed E-state index contributed by atoms with van der Waals surface area (Å²) < 4.78 is 0. The molecule has 2 N–H and O–H groups in total. The lowest BCUT2D eigenvalue weighted by molar-refractivity contribution is 0.102. The molecule has 0 saturated heterocycles. The first-order valence-corrected chi connectivity index (χ1v) is 6.70. The number of carbonyl (C=O) groups is 1. The predicted molar refractivity (Wildman–Crippen MR) is 80.2 cm³/mol. The largest absolute Gasteiger partial charge is 0.354 e. The molecule has 0 aliphatic carbocycles. The van der Waals surface area contributed by atoms with Crippen LogP contribution >= 0.6 is 11.6 Å². The number of nitrogens with one attached hydrogen (secondary N) is 2. The molecule has 0 spiro atoms. The average molecular weight is 291 g/mol. The summed E-state index contributed by atoms with van der Waals surface area (Å²) in [5.41, 5.74) is 0.933. The molecule has 6 heteroatoms. The SMILES string of the molecule is CCCNc1nccc(C(=O)Nc2cccc(Cl)c2)n1. The number of nitrogens with zero attached hydrogens (tertiary/aromatic N) is 2. The lowest BCUT2D eigenvalue weighted by Crippen LogP contribution is -2.15. The molecule has 0 atom stereocenters. The van der Waals surface area contributed by atoms with Crippen LogP contribution in [0.2, 0.25) is 5.02 Å². The molecular weight excluding hydrogens is 276 g/mol. The van der Waals surface area contributed by atoms with E-state index in [2.05, 4.69) is 20.6 Å². The van der Waals surface area contributed by atoms with Gasteiger partial charge < -0.3 is 10.6 Å². The van der Waals surface area contributed by atoms with Crippen LogP contribution in [0.4, 0.5) is 11.6 Å². The van der Waals surface area contributed by atoms with Crippen LogP contribution in [0.15, 0.2) is 36.5 Å². The minimum absolute atomic E-state index is 0.297. The minimum Gasteiger partial charge on any atom is -0.354 e. The van der Waals surface area contributed by atoms with Gasteiger partial charge in [0.15, 0.2) is 0 Å². The fraction of sp³-hybridized carbons (Fsp3) is 0.214. The zero-order valence-electron chi connectivity index (χ0n) is 11.1. The first-order chi connectivity index (χ1) is 9.69. The Morgan fingerprint density at radius 1 is 1.35 bits per heavy atom. The number of hydrogen-bond donors (Lipinski definition) is 2. The molecule has 2 rings (SSSR count). The Bertz CT molecular complexity index is 603. The van der Waals surface area contributed by atoms with Gasteiger partial charge in [-0.05, 0) is 30.7 Å². The number of amides is 1. The molecule has 1 aromatic heterocycles. The summed E-state index contributed by atoms with van der Waals surface area (Å²) in [6.07, 6.45) is 2.51. The van der Waals surface area contributed by atoms with Crippen LogP contribution in [-0.4, -0.2) is 22.4 Å². The van der Waals surface area contributed by atoms with Gasteiger partial charge in [-0.1, -0.05) is 24.6 Å². The fourth-order valence-corrected chi connectivity index (χ4v) is 1.76. The third kappa shape index (κ3) is 3.93. The molecule has 2 aromatic rings. The Hall–Kier alpha value is -2.14. The van der Waals surface area contributed by atoms with Crippen molar-refractivity contribution in [1.29, 1.82) is 0 Å². The maximum absolute atomic E-state index is 12.1. The van der Waals surface area contributed by atoms with Crippen molar-refractivity contribution in [3.63, 3.8) is 0 Å². The second-order valence-corrected chi connectivity index (χ2v) is 4.59. The average Bonchev–Trinajstić information content (AvgIpc) is 2.45. The van der Waals surface area contributed by atoms with Gasteiger partial charge in [-0.15, -0.1) is 0 Å². The fourth-order valence-electron chi connectivity index (χ4n) is 1.57. The number of hydrogen-bond acceptors (Lipinski definition) is 4. The highest BCUT2D eigenvalue weighted by Crippen LogP contribution is 2.15. The normalized spacial score (nSPS) is 10.1.